The third kappa shape index (κ3) is 2.39. The van der Waals surface area contributed by atoms with E-state index in [0.717, 1.165) is 48.3 Å². The minimum Gasteiger partial charge on any atom is -0.369 e. The van der Waals surface area contributed by atoms with Gasteiger partial charge in [-0.15, -0.1) is 0 Å². The van der Waals surface area contributed by atoms with E-state index in [-0.39, 0.29) is 10.8 Å². The van der Waals surface area contributed by atoms with Gasteiger partial charge in [0.15, 0.2) is 0 Å². The van der Waals surface area contributed by atoms with Crippen LogP contribution in [0.25, 0.3) is 5.57 Å². The molecule has 0 spiro atoms. The summed E-state index contributed by atoms with van der Waals surface area (Å²) in [6.07, 6.45) is 2.23. The van der Waals surface area contributed by atoms with Crippen molar-refractivity contribution in [2.45, 2.75) is 24.8 Å². The van der Waals surface area contributed by atoms with Crippen LogP contribution in [0.5, 0.6) is 0 Å². The number of hydrogen-bond acceptors (Lipinski definition) is 3. The second-order valence-electron chi connectivity index (χ2n) is 6.48. The SMILES string of the molecule is O=[N+]([O-])[C@@H]1C(N2CCCC2)=C(c2ccccc2)[C@H]1c1ccccc1. The summed E-state index contributed by atoms with van der Waals surface area (Å²) < 4.78 is 0. The van der Waals surface area contributed by atoms with E-state index >= 15 is 0 Å². The van der Waals surface area contributed by atoms with E-state index < -0.39 is 6.04 Å². The fourth-order valence-corrected chi connectivity index (χ4v) is 4.03. The molecule has 0 unspecified atom stereocenters. The maximum Gasteiger partial charge on any atom is 0.263 e. The molecule has 1 heterocycles. The lowest BCUT2D eigenvalue weighted by Crippen LogP contribution is -2.46. The molecule has 4 nitrogen and oxygen atoms in total. The number of benzene rings is 2. The summed E-state index contributed by atoms with van der Waals surface area (Å²) in [7, 11) is 0. The van der Waals surface area contributed by atoms with Crippen LogP contribution in [0, 0.1) is 10.1 Å². The number of hydrogen-bond donors (Lipinski definition) is 0. The quantitative estimate of drug-likeness (QED) is 0.633. The molecule has 122 valence electrons. The Balaban J connectivity index is 1.86. The Morgan fingerprint density at radius 1 is 0.917 bits per heavy atom. The maximum atomic E-state index is 11.9. The van der Waals surface area contributed by atoms with E-state index in [2.05, 4.69) is 17.0 Å². The third-order valence-electron chi connectivity index (χ3n) is 5.10. The summed E-state index contributed by atoms with van der Waals surface area (Å²) in [4.78, 5) is 14.0. The van der Waals surface area contributed by atoms with E-state index in [4.69, 9.17) is 0 Å². The van der Waals surface area contributed by atoms with Crippen LogP contribution in [-0.2, 0) is 0 Å². The Labute approximate surface area is 141 Å². The highest BCUT2D eigenvalue weighted by Gasteiger charge is 2.52. The zero-order valence-corrected chi connectivity index (χ0v) is 13.5. The highest BCUT2D eigenvalue weighted by molar-refractivity contribution is 5.82. The summed E-state index contributed by atoms with van der Waals surface area (Å²) >= 11 is 0. The first kappa shape index (κ1) is 14.9. The molecule has 4 heteroatoms. The predicted octanol–water partition coefficient (Wildman–Crippen LogP) is 3.94. The first-order valence-electron chi connectivity index (χ1n) is 8.50. The maximum absolute atomic E-state index is 11.9. The molecule has 2 aromatic rings. The van der Waals surface area contributed by atoms with Crippen molar-refractivity contribution >= 4 is 5.57 Å². The summed E-state index contributed by atoms with van der Waals surface area (Å²) in [5, 5.41) is 11.9. The molecule has 0 saturated carbocycles. The smallest absolute Gasteiger partial charge is 0.263 e. The van der Waals surface area contributed by atoms with Crippen molar-refractivity contribution in [3.05, 3.63) is 87.6 Å². The van der Waals surface area contributed by atoms with Gasteiger partial charge >= 0.3 is 0 Å². The van der Waals surface area contributed by atoms with Crippen molar-refractivity contribution in [2.24, 2.45) is 0 Å². The van der Waals surface area contributed by atoms with Gasteiger partial charge in [0, 0.05) is 23.6 Å². The second-order valence-corrected chi connectivity index (χ2v) is 6.48. The topological polar surface area (TPSA) is 46.4 Å². The zero-order valence-electron chi connectivity index (χ0n) is 13.5. The van der Waals surface area contributed by atoms with Crippen LogP contribution in [0.1, 0.15) is 29.9 Å². The largest absolute Gasteiger partial charge is 0.369 e. The number of nitro groups is 1. The Morgan fingerprint density at radius 3 is 2.08 bits per heavy atom. The minimum absolute atomic E-state index is 0.0994. The van der Waals surface area contributed by atoms with Crippen LogP contribution in [-0.4, -0.2) is 29.0 Å². The van der Waals surface area contributed by atoms with E-state index in [0.29, 0.717) is 0 Å². The monoisotopic (exact) mass is 320 g/mol. The summed E-state index contributed by atoms with van der Waals surface area (Å²) in [6, 6.07) is 19.4. The predicted molar refractivity (Wildman–Crippen MR) is 94.1 cm³/mol. The average Bonchev–Trinajstić information content (AvgIpc) is 3.09. The fraction of sp³-hybridized carbons (Fsp3) is 0.300. The Hall–Kier alpha value is -2.62. The van der Waals surface area contributed by atoms with Gasteiger partial charge in [0.1, 0.15) is 0 Å². The van der Waals surface area contributed by atoms with Crippen molar-refractivity contribution in [1.29, 1.82) is 0 Å². The molecule has 0 bridgehead atoms. The highest BCUT2D eigenvalue weighted by atomic mass is 16.6. The van der Waals surface area contributed by atoms with Gasteiger partial charge in [-0.2, -0.15) is 0 Å². The molecule has 2 aliphatic rings. The summed E-state index contributed by atoms with van der Waals surface area (Å²) in [5.74, 6) is -0.167. The van der Waals surface area contributed by atoms with Gasteiger partial charge in [-0.3, -0.25) is 10.1 Å². The van der Waals surface area contributed by atoms with Gasteiger partial charge < -0.3 is 4.90 Å². The molecule has 0 amide bonds. The lowest BCUT2D eigenvalue weighted by molar-refractivity contribution is -0.520. The van der Waals surface area contributed by atoms with Gasteiger partial charge in [-0.1, -0.05) is 60.7 Å². The standard InChI is InChI=1S/C20H20N2O2/c23-22(24)20-18(16-11-5-2-6-12-16)17(15-9-3-1-4-10-15)19(20)21-13-7-8-14-21/h1-6,9-12,18,20H,7-8,13-14H2/t18-,20+/m1/s1. The van der Waals surface area contributed by atoms with Crippen LogP contribution in [0.2, 0.25) is 0 Å². The number of likely N-dealkylation sites (tertiary alicyclic amines) is 1. The van der Waals surface area contributed by atoms with E-state index in [1.807, 2.05) is 48.5 Å². The zero-order chi connectivity index (χ0) is 16.5. The van der Waals surface area contributed by atoms with Gasteiger partial charge in [0.05, 0.1) is 11.6 Å². The van der Waals surface area contributed by atoms with Crippen molar-refractivity contribution < 1.29 is 4.92 Å². The highest BCUT2D eigenvalue weighted by Crippen LogP contribution is 2.51. The Morgan fingerprint density at radius 2 is 1.50 bits per heavy atom. The van der Waals surface area contributed by atoms with Crippen molar-refractivity contribution in [3.8, 4) is 0 Å². The molecule has 2 atom stereocenters. The Kier molecular flexibility index (Phi) is 3.81. The van der Waals surface area contributed by atoms with Gasteiger partial charge in [-0.25, -0.2) is 0 Å². The van der Waals surface area contributed by atoms with Crippen molar-refractivity contribution in [3.63, 3.8) is 0 Å². The van der Waals surface area contributed by atoms with Crippen molar-refractivity contribution in [2.75, 3.05) is 13.1 Å². The molecule has 1 aliphatic carbocycles. The molecule has 1 saturated heterocycles. The number of rotatable bonds is 4. The molecule has 1 fully saturated rings. The summed E-state index contributed by atoms with van der Waals surface area (Å²) in [6.45, 7) is 1.86. The normalized spacial score (nSPS) is 23.2. The average molecular weight is 320 g/mol. The van der Waals surface area contributed by atoms with Crippen LogP contribution in [0.4, 0.5) is 0 Å². The molecular formula is C20H20N2O2. The number of nitrogens with zero attached hydrogens (tertiary/aromatic N) is 2. The van der Waals surface area contributed by atoms with Gasteiger partial charge in [0.2, 0.25) is 0 Å². The molecule has 0 radical (unpaired) electrons. The van der Waals surface area contributed by atoms with Crippen LogP contribution >= 0.6 is 0 Å². The van der Waals surface area contributed by atoms with Gasteiger partial charge in [-0.05, 0) is 24.0 Å². The molecule has 2 aromatic carbocycles. The second kappa shape index (κ2) is 6.11. The van der Waals surface area contributed by atoms with Crippen LogP contribution < -0.4 is 0 Å². The molecule has 24 heavy (non-hydrogen) atoms. The molecule has 4 rings (SSSR count). The lowest BCUT2D eigenvalue weighted by atomic mass is 9.69. The summed E-state index contributed by atoms with van der Waals surface area (Å²) in [5.41, 5.74) is 4.19. The molecule has 1 aliphatic heterocycles. The first-order valence-corrected chi connectivity index (χ1v) is 8.50. The van der Waals surface area contributed by atoms with E-state index in [1.165, 1.54) is 0 Å². The first-order chi connectivity index (χ1) is 11.8. The Bertz CT molecular complexity index is 765. The van der Waals surface area contributed by atoms with Crippen molar-refractivity contribution in [1.82, 2.24) is 4.90 Å². The molecular weight excluding hydrogens is 300 g/mol. The van der Waals surface area contributed by atoms with Crippen LogP contribution in [0.3, 0.4) is 0 Å². The fourth-order valence-electron chi connectivity index (χ4n) is 4.03. The molecule has 0 N–H and O–H groups in total. The van der Waals surface area contributed by atoms with E-state index in [1.54, 1.807) is 0 Å². The van der Waals surface area contributed by atoms with Crippen LogP contribution in [0.15, 0.2) is 66.4 Å². The lowest BCUT2D eigenvalue weighted by Gasteiger charge is -2.41. The van der Waals surface area contributed by atoms with Gasteiger partial charge in [0.25, 0.3) is 6.04 Å². The molecule has 0 aromatic heterocycles. The van der Waals surface area contributed by atoms with E-state index in [9.17, 15) is 10.1 Å². The third-order valence-corrected chi connectivity index (χ3v) is 5.10. The minimum atomic E-state index is -0.638.